The van der Waals surface area contributed by atoms with Crippen molar-refractivity contribution in [2.24, 2.45) is 16.6 Å². The van der Waals surface area contributed by atoms with E-state index in [1.54, 1.807) is 18.2 Å². The van der Waals surface area contributed by atoms with Crippen molar-refractivity contribution in [3.05, 3.63) is 28.2 Å². The van der Waals surface area contributed by atoms with Gasteiger partial charge in [-0.2, -0.15) is 0 Å². The molecule has 5 nitrogen and oxygen atoms in total. The van der Waals surface area contributed by atoms with E-state index in [2.05, 4.69) is 20.9 Å². The predicted octanol–water partition coefficient (Wildman–Crippen LogP) is 2.63. The van der Waals surface area contributed by atoms with Gasteiger partial charge in [-0.25, -0.2) is 13.8 Å². The Bertz CT molecular complexity index is 770. The number of nitrogens with two attached hydrogens (primary N) is 1. The molecule has 3 aliphatic rings. The molecule has 1 saturated carbocycles. The third-order valence-corrected chi connectivity index (χ3v) is 5.69. The maximum Gasteiger partial charge on any atom is 0.262 e. The van der Waals surface area contributed by atoms with Crippen LogP contribution < -0.4 is 10.5 Å². The number of nitrogens with zero attached hydrogens (tertiary/aromatic N) is 2. The highest BCUT2D eigenvalue weighted by Gasteiger charge is 2.63. The molecule has 1 aliphatic carbocycles. The van der Waals surface area contributed by atoms with Crippen LogP contribution in [-0.4, -0.2) is 35.8 Å². The molecule has 3 unspecified atom stereocenters. The number of likely N-dealkylation sites (N-methyl/N-ethyl adjacent to an activating group) is 1. The van der Waals surface area contributed by atoms with Crippen LogP contribution in [0.1, 0.15) is 24.8 Å². The van der Waals surface area contributed by atoms with Gasteiger partial charge in [-0.05, 0) is 24.6 Å². The molecule has 1 fully saturated rings. The zero-order chi connectivity index (χ0) is 17.3. The SMILES string of the molecule is CN1C(=O)C2(N=C1N)c1cc(Br)ccc1OC1CCC(F)(F)CC12. The van der Waals surface area contributed by atoms with Gasteiger partial charge >= 0.3 is 0 Å². The van der Waals surface area contributed by atoms with E-state index >= 15 is 0 Å². The van der Waals surface area contributed by atoms with E-state index in [1.165, 1.54) is 11.9 Å². The third kappa shape index (κ3) is 2.01. The minimum Gasteiger partial charge on any atom is -0.490 e. The summed E-state index contributed by atoms with van der Waals surface area (Å²) in [5, 5.41) is 0. The van der Waals surface area contributed by atoms with Crippen LogP contribution in [0.2, 0.25) is 0 Å². The number of ether oxygens (including phenoxy) is 1. The molecule has 128 valence electrons. The maximum atomic E-state index is 14.1. The van der Waals surface area contributed by atoms with Gasteiger partial charge in [0.15, 0.2) is 11.5 Å². The number of hydrogen-bond acceptors (Lipinski definition) is 4. The lowest BCUT2D eigenvalue weighted by Gasteiger charge is -2.47. The maximum absolute atomic E-state index is 14.1. The largest absolute Gasteiger partial charge is 0.490 e. The van der Waals surface area contributed by atoms with Crippen LogP contribution in [0.5, 0.6) is 5.75 Å². The molecule has 24 heavy (non-hydrogen) atoms. The Labute approximate surface area is 146 Å². The van der Waals surface area contributed by atoms with E-state index in [1.807, 2.05) is 0 Å². The number of halogens is 3. The molecule has 8 heteroatoms. The third-order valence-electron chi connectivity index (χ3n) is 5.19. The average Bonchev–Trinajstić information content (AvgIpc) is 2.74. The van der Waals surface area contributed by atoms with Gasteiger partial charge in [0, 0.05) is 35.8 Å². The highest BCUT2D eigenvalue weighted by atomic mass is 79.9. The van der Waals surface area contributed by atoms with E-state index in [9.17, 15) is 13.6 Å². The van der Waals surface area contributed by atoms with Crippen LogP contribution in [0.4, 0.5) is 8.78 Å². The molecule has 2 aliphatic heterocycles. The molecule has 0 radical (unpaired) electrons. The molecule has 0 bridgehead atoms. The number of carbonyl (C=O) groups is 1. The Balaban J connectivity index is 1.96. The second-order valence-electron chi connectivity index (χ2n) is 6.60. The normalized spacial score (nSPS) is 33.8. The Morgan fingerprint density at radius 3 is 2.88 bits per heavy atom. The molecule has 0 saturated heterocycles. The second-order valence-corrected chi connectivity index (χ2v) is 7.52. The molecule has 1 spiro atoms. The Hall–Kier alpha value is -1.70. The molecule has 0 aromatic heterocycles. The lowest BCUT2D eigenvalue weighted by molar-refractivity contribution is -0.145. The van der Waals surface area contributed by atoms with Crippen LogP contribution in [0, 0.1) is 5.92 Å². The summed E-state index contributed by atoms with van der Waals surface area (Å²) < 4.78 is 34.9. The zero-order valence-corrected chi connectivity index (χ0v) is 14.5. The molecule has 1 aromatic rings. The number of guanidine groups is 1. The van der Waals surface area contributed by atoms with E-state index in [4.69, 9.17) is 10.5 Å². The molecular formula is C16H16BrF2N3O2. The Morgan fingerprint density at radius 1 is 1.46 bits per heavy atom. The number of fused-ring (bicyclic) bond motifs is 4. The molecule has 4 rings (SSSR count). The fraction of sp³-hybridized carbons (Fsp3) is 0.500. The summed E-state index contributed by atoms with van der Waals surface area (Å²) >= 11 is 3.37. The summed E-state index contributed by atoms with van der Waals surface area (Å²) in [5.74, 6) is -3.42. The number of amides is 1. The minimum atomic E-state index is -2.84. The summed E-state index contributed by atoms with van der Waals surface area (Å²) in [6.45, 7) is 0. The molecule has 1 aromatic carbocycles. The molecule has 2 N–H and O–H groups in total. The highest BCUT2D eigenvalue weighted by Crippen LogP contribution is 2.55. The zero-order valence-electron chi connectivity index (χ0n) is 12.9. The van der Waals surface area contributed by atoms with Gasteiger partial charge in [-0.3, -0.25) is 9.69 Å². The fourth-order valence-electron chi connectivity index (χ4n) is 4.01. The van der Waals surface area contributed by atoms with Crippen LogP contribution in [-0.2, 0) is 10.3 Å². The van der Waals surface area contributed by atoms with Gasteiger partial charge in [0.25, 0.3) is 5.91 Å². The van der Waals surface area contributed by atoms with Crippen molar-refractivity contribution in [3.63, 3.8) is 0 Å². The first-order valence-corrected chi connectivity index (χ1v) is 8.52. The van der Waals surface area contributed by atoms with Crippen molar-refractivity contribution in [3.8, 4) is 5.75 Å². The number of alkyl halides is 2. The van der Waals surface area contributed by atoms with Crippen molar-refractivity contribution in [1.29, 1.82) is 0 Å². The molecule has 2 heterocycles. The Morgan fingerprint density at radius 2 is 2.21 bits per heavy atom. The van der Waals surface area contributed by atoms with Crippen molar-refractivity contribution in [1.82, 2.24) is 4.90 Å². The van der Waals surface area contributed by atoms with Crippen LogP contribution >= 0.6 is 15.9 Å². The summed E-state index contributed by atoms with van der Waals surface area (Å²) in [4.78, 5) is 18.7. The number of benzene rings is 1. The van der Waals surface area contributed by atoms with Crippen molar-refractivity contribution < 1.29 is 18.3 Å². The molecule has 3 atom stereocenters. The number of carbonyl (C=O) groups excluding carboxylic acids is 1. The quantitative estimate of drug-likeness (QED) is 0.728. The summed E-state index contributed by atoms with van der Waals surface area (Å²) in [7, 11) is 1.51. The first kappa shape index (κ1) is 15.8. The van der Waals surface area contributed by atoms with Gasteiger partial charge in [0.2, 0.25) is 5.92 Å². The van der Waals surface area contributed by atoms with Gasteiger partial charge < -0.3 is 10.5 Å². The predicted molar refractivity (Wildman–Crippen MR) is 86.9 cm³/mol. The van der Waals surface area contributed by atoms with Crippen molar-refractivity contribution >= 4 is 27.8 Å². The monoisotopic (exact) mass is 399 g/mol. The van der Waals surface area contributed by atoms with Gasteiger partial charge in [0.1, 0.15) is 11.9 Å². The lowest BCUT2D eigenvalue weighted by Crippen LogP contribution is -2.56. The van der Waals surface area contributed by atoms with Gasteiger partial charge in [-0.1, -0.05) is 15.9 Å². The molecular weight excluding hydrogens is 384 g/mol. The smallest absolute Gasteiger partial charge is 0.262 e. The van der Waals surface area contributed by atoms with E-state index in [0.29, 0.717) is 11.3 Å². The summed E-state index contributed by atoms with van der Waals surface area (Å²) in [6, 6.07) is 5.24. The first-order chi connectivity index (χ1) is 11.2. The van der Waals surface area contributed by atoms with Gasteiger partial charge in [0.05, 0.1) is 0 Å². The number of aliphatic imine (C=N–C) groups is 1. The van der Waals surface area contributed by atoms with Crippen LogP contribution in [0.15, 0.2) is 27.7 Å². The number of rotatable bonds is 0. The summed E-state index contributed by atoms with van der Waals surface area (Å²) in [6.07, 6.45) is -0.994. The molecule has 1 amide bonds. The lowest BCUT2D eigenvalue weighted by atomic mass is 9.66. The number of hydrogen-bond donors (Lipinski definition) is 1. The van der Waals surface area contributed by atoms with E-state index < -0.39 is 29.9 Å². The minimum absolute atomic E-state index is 0.0421. The highest BCUT2D eigenvalue weighted by molar-refractivity contribution is 9.10. The fourth-order valence-corrected chi connectivity index (χ4v) is 4.37. The van der Waals surface area contributed by atoms with Crippen LogP contribution in [0.25, 0.3) is 0 Å². The Kier molecular flexibility index (Phi) is 3.23. The second kappa shape index (κ2) is 4.91. The average molecular weight is 400 g/mol. The van der Waals surface area contributed by atoms with Gasteiger partial charge in [-0.15, -0.1) is 0 Å². The van der Waals surface area contributed by atoms with Crippen molar-refractivity contribution in [2.75, 3.05) is 7.05 Å². The van der Waals surface area contributed by atoms with Crippen LogP contribution in [0.3, 0.4) is 0 Å². The topological polar surface area (TPSA) is 67.9 Å². The first-order valence-electron chi connectivity index (χ1n) is 7.72. The summed E-state index contributed by atoms with van der Waals surface area (Å²) in [5.41, 5.74) is 4.93. The van der Waals surface area contributed by atoms with E-state index in [0.717, 1.165) is 4.47 Å². The van der Waals surface area contributed by atoms with E-state index in [-0.39, 0.29) is 24.7 Å². The standard InChI is InChI=1S/C16H16BrF2N3O2/c1-22-13(23)16(21-14(22)20)9-6-8(17)2-3-11(9)24-12-4-5-15(18,19)7-10(12)16/h2-3,6,10,12H,4-5,7H2,1H3,(H2,20,21). The van der Waals surface area contributed by atoms with Crippen molar-refractivity contribution in [2.45, 2.75) is 36.8 Å².